The first-order valence-electron chi connectivity index (χ1n) is 10.2. The Labute approximate surface area is 172 Å². The summed E-state index contributed by atoms with van der Waals surface area (Å²) in [5, 5.41) is 5.90. The van der Waals surface area contributed by atoms with Crippen LogP contribution >= 0.6 is 0 Å². The first kappa shape index (κ1) is 20.7. The lowest BCUT2D eigenvalue weighted by molar-refractivity contribution is -0.117. The summed E-state index contributed by atoms with van der Waals surface area (Å²) in [4.78, 5) is 26.4. The SMILES string of the molecule is CCOc1ccc(N2CC(NC(=O)NC(C)CCc3ccccc3)CC2=O)cc1. The molecule has 3 rings (SSSR count). The molecule has 6 nitrogen and oxygen atoms in total. The van der Waals surface area contributed by atoms with Crippen LogP contribution in [0.15, 0.2) is 54.6 Å². The van der Waals surface area contributed by atoms with Gasteiger partial charge in [-0.2, -0.15) is 0 Å². The van der Waals surface area contributed by atoms with Gasteiger partial charge in [0.25, 0.3) is 0 Å². The Bertz CT molecular complexity index is 808. The smallest absolute Gasteiger partial charge is 0.315 e. The summed E-state index contributed by atoms with van der Waals surface area (Å²) in [5.74, 6) is 0.790. The average Bonchev–Trinajstić information content (AvgIpc) is 3.08. The van der Waals surface area contributed by atoms with Crippen LogP contribution in [0.1, 0.15) is 32.3 Å². The fourth-order valence-electron chi connectivity index (χ4n) is 3.49. The van der Waals surface area contributed by atoms with Crippen molar-refractivity contribution in [2.24, 2.45) is 0 Å². The van der Waals surface area contributed by atoms with Crippen molar-refractivity contribution in [3.05, 3.63) is 60.2 Å². The number of hydrogen-bond donors (Lipinski definition) is 2. The zero-order chi connectivity index (χ0) is 20.6. The molecule has 154 valence electrons. The number of hydrogen-bond acceptors (Lipinski definition) is 3. The van der Waals surface area contributed by atoms with Crippen LogP contribution in [0.25, 0.3) is 0 Å². The van der Waals surface area contributed by atoms with E-state index in [-0.39, 0.29) is 24.0 Å². The number of benzene rings is 2. The molecule has 1 heterocycles. The Morgan fingerprint density at radius 1 is 1.17 bits per heavy atom. The van der Waals surface area contributed by atoms with E-state index in [1.807, 2.05) is 56.3 Å². The molecule has 1 aliphatic heterocycles. The monoisotopic (exact) mass is 395 g/mol. The van der Waals surface area contributed by atoms with Crippen LogP contribution in [0.3, 0.4) is 0 Å². The van der Waals surface area contributed by atoms with Crippen molar-refractivity contribution in [3.8, 4) is 5.75 Å². The van der Waals surface area contributed by atoms with Crippen molar-refractivity contribution >= 4 is 17.6 Å². The van der Waals surface area contributed by atoms with Crippen molar-refractivity contribution in [1.29, 1.82) is 0 Å². The highest BCUT2D eigenvalue weighted by Crippen LogP contribution is 2.24. The van der Waals surface area contributed by atoms with Crippen molar-refractivity contribution in [3.63, 3.8) is 0 Å². The molecule has 0 saturated carbocycles. The summed E-state index contributed by atoms with van der Waals surface area (Å²) in [6, 6.07) is 17.3. The van der Waals surface area contributed by atoms with Crippen LogP contribution in [0.5, 0.6) is 5.75 Å². The number of amides is 3. The standard InChI is InChI=1S/C23H29N3O3/c1-3-29-21-13-11-20(12-14-21)26-16-19(15-22(26)27)25-23(28)24-17(2)9-10-18-7-5-4-6-8-18/h4-8,11-14,17,19H,3,9-10,15-16H2,1-2H3,(H2,24,25,28). The Morgan fingerprint density at radius 3 is 2.59 bits per heavy atom. The number of rotatable bonds is 8. The van der Waals surface area contributed by atoms with Gasteiger partial charge < -0.3 is 20.3 Å². The maximum atomic E-state index is 12.4. The van der Waals surface area contributed by atoms with Gasteiger partial charge in [0.05, 0.1) is 12.6 Å². The van der Waals surface area contributed by atoms with Crippen LogP contribution < -0.4 is 20.3 Å². The first-order valence-corrected chi connectivity index (χ1v) is 10.2. The Morgan fingerprint density at radius 2 is 1.90 bits per heavy atom. The molecule has 6 heteroatoms. The predicted octanol–water partition coefficient (Wildman–Crippen LogP) is 3.51. The van der Waals surface area contributed by atoms with Crippen molar-refractivity contribution < 1.29 is 14.3 Å². The fraction of sp³-hybridized carbons (Fsp3) is 0.391. The van der Waals surface area contributed by atoms with Crippen LogP contribution in [0.2, 0.25) is 0 Å². The average molecular weight is 396 g/mol. The number of urea groups is 1. The minimum atomic E-state index is -0.225. The van der Waals surface area contributed by atoms with E-state index in [4.69, 9.17) is 4.74 Å². The van der Waals surface area contributed by atoms with Gasteiger partial charge in [-0.3, -0.25) is 4.79 Å². The highest BCUT2D eigenvalue weighted by Gasteiger charge is 2.31. The van der Waals surface area contributed by atoms with Gasteiger partial charge in [-0.25, -0.2) is 4.79 Å². The predicted molar refractivity (Wildman–Crippen MR) is 114 cm³/mol. The van der Waals surface area contributed by atoms with Crippen molar-refractivity contribution in [1.82, 2.24) is 10.6 Å². The number of anilines is 1. The van der Waals surface area contributed by atoms with E-state index in [0.717, 1.165) is 24.3 Å². The number of nitrogens with zero attached hydrogens (tertiary/aromatic N) is 1. The number of ether oxygens (including phenoxy) is 1. The Balaban J connectivity index is 1.45. The summed E-state index contributed by atoms with van der Waals surface area (Å²) in [6.07, 6.45) is 2.08. The Hall–Kier alpha value is -3.02. The minimum absolute atomic E-state index is 0.0107. The van der Waals surface area contributed by atoms with Gasteiger partial charge in [-0.15, -0.1) is 0 Å². The van der Waals surface area contributed by atoms with Gasteiger partial charge in [0.15, 0.2) is 0 Å². The summed E-state index contributed by atoms with van der Waals surface area (Å²) >= 11 is 0. The molecule has 1 fully saturated rings. The molecule has 0 bridgehead atoms. The second-order valence-electron chi connectivity index (χ2n) is 7.38. The van der Waals surface area contributed by atoms with E-state index in [1.54, 1.807) is 4.90 Å². The summed E-state index contributed by atoms with van der Waals surface area (Å²) in [7, 11) is 0. The first-order chi connectivity index (χ1) is 14.0. The topological polar surface area (TPSA) is 70.7 Å². The van der Waals surface area contributed by atoms with E-state index in [1.165, 1.54) is 5.56 Å². The molecule has 2 aromatic carbocycles. The zero-order valence-electron chi connectivity index (χ0n) is 17.1. The number of nitrogens with one attached hydrogen (secondary N) is 2. The molecule has 1 saturated heterocycles. The molecule has 0 aliphatic carbocycles. The van der Waals surface area contributed by atoms with E-state index < -0.39 is 0 Å². The highest BCUT2D eigenvalue weighted by molar-refractivity contribution is 5.96. The van der Waals surface area contributed by atoms with Crippen LogP contribution in [-0.4, -0.2) is 37.2 Å². The summed E-state index contributed by atoms with van der Waals surface area (Å²) in [5.41, 5.74) is 2.08. The molecule has 0 radical (unpaired) electrons. The maximum Gasteiger partial charge on any atom is 0.315 e. The summed E-state index contributed by atoms with van der Waals surface area (Å²) < 4.78 is 5.44. The molecule has 2 unspecified atom stereocenters. The maximum absolute atomic E-state index is 12.4. The van der Waals surface area contributed by atoms with Gasteiger partial charge >= 0.3 is 6.03 Å². The highest BCUT2D eigenvalue weighted by atomic mass is 16.5. The molecule has 1 aliphatic rings. The second-order valence-corrected chi connectivity index (χ2v) is 7.38. The second kappa shape index (κ2) is 9.96. The molecule has 0 spiro atoms. The lowest BCUT2D eigenvalue weighted by Gasteiger charge is -2.19. The summed E-state index contributed by atoms with van der Waals surface area (Å²) in [6.45, 7) is 5.00. The lowest BCUT2D eigenvalue weighted by Crippen LogP contribution is -2.46. The van der Waals surface area contributed by atoms with E-state index >= 15 is 0 Å². The third-order valence-corrected chi connectivity index (χ3v) is 5.01. The largest absolute Gasteiger partial charge is 0.494 e. The minimum Gasteiger partial charge on any atom is -0.494 e. The molecule has 29 heavy (non-hydrogen) atoms. The van der Waals surface area contributed by atoms with E-state index in [0.29, 0.717) is 19.6 Å². The number of carbonyl (C=O) groups excluding carboxylic acids is 2. The quantitative estimate of drug-likeness (QED) is 0.719. The van der Waals surface area contributed by atoms with Gasteiger partial charge in [0.2, 0.25) is 5.91 Å². The molecular weight excluding hydrogens is 366 g/mol. The fourth-order valence-corrected chi connectivity index (χ4v) is 3.49. The van der Waals surface area contributed by atoms with Crippen LogP contribution in [0, 0.1) is 0 Å². The van der Waals surface area contributed by atoms with E-state index in [2.05, 4.69) is 22.8 Å². The molecule has 2 aromatic rings. The van der Waals surface area contributed by atoms with Gasteiger partial charge in [0.1, 0.15) is 5.75 Å². The molecule has 2 N–H and O–H groups in total. The van der Waals surface area contributed by atoms with Gasteiger partial charge in [-0.05, 0) is 56.5 Å². The zero-order valence-corrected chi connectivity index (χ0v) is 17.1. The molecule has 2 atom stereocenters. The van der Waals surface area contributed by atoms with Crippen LogP contribution in [0.4, 0.5) is 10.5 Å². The molecule has 0 aromatic heterocycles. The van der Waals surface area contributed by atoms with Gasteiger partial charge in [0, 0.05) is 24.7 Å². The van der Waals surface area contributed by atoms with Gasteiger partial charge in [-0.1, -0.05) is 30.3 Å². The molecular formula is C23H29N3O3. The number of carbonyl (C=O) groups is 2. The van der Waals surface area contributed by atoms with Crippen molar-refractivity contribution in [2.45, 2.75) is 45.2 Å². The Kier molecular flexibility index (Phi) is 7.11. The van der Waals surface area contributed by atoms with E-state index in [9.17, 15) is 9.59 Å². The third kappa shape index (κ3) is 5.98. The van der Waals surface area contributed by atoms with Crippen molar-refractivity contribution in [2.75, 3.05) is 18.1 Å². The lowest BCUT2D eigenvalue weighted by atomic mass is 10.1. The number of aryl methyl sites for hydroxylation is 1. The third-order valence-electron chi connectivity index (χ3n) is 5.01. The molecule has 3 amide bonds. The van der Waals surface area contributed by atoms with Crippen LogP contribution in [-0.2, 0) is 11.2 Å². The normalized spacial score (nSPS) is 17.1.